The number of carbonyl (C=O) groups excluding carboxylic acids is 1. The Balaban J connectivity index is 1.98. The molecule has 0 spiro atoms. The molecule has 0 radical (unpaired) electrons. The number of thiophene rings is 1. The summed E-state index contributed by atoms with van der Waals surface area (Å²) in [6, 6.07) is 9.11. The normalized spacial score (nSPS) is 12.0. The maximum absolute atomic E-state index is 14.7. The van der Waals surface area contributed by atoms with Crippen molar-refractivity contribution in [2.45, 2.75) is 13.2 Å². The van der Waals surface area contributed by atoms with Crippen molar-refractivity contribution in [3.8, 4) is 10.4 Å². The summed E-state index contributed by atoms with van der Waals surface area (Å²) >= 11 is 0.981. The van der Waals surface area contributed by atoms with Gasteiger partial charge in [0.05, 0.1) is 32.8 Å². The molecule has 12 nitrogen and oxygen atoms in total. The van der Waals surface area contributed by atoms with Crippen LogP contribution < -0.4 is 33.5 Å². The molecule has 0 fully saturated rings. The largest absolute Gasteiger partial charge is 0.455 e. The Morgan fingerprint density at radius 1 is 1.10 bits per heavy atom. The maximum Gasteiger partial charge on any atom is 0.343 e. The molecule has 2 aromatic heterocycles. The summed E-state index contributed by atoms with van der Waals surface area (Å²) in [5.74, 6) is -1.90. The third-order valence-electron chi connectivity index (χ3n) is 6.17. The minimum absolute atomic E-state index is 0.0579. The van der Waals surface area contributed by atoms with Gasteiger partial charge < -0.3 is 20.9 Å². The molecule has 0 saturated heterocycles. The lowest BCUT2D eigenvalue weighted by Gasteiger charge is -2.13. The number of nitrogens with one attached hydrogen (secondary N) is 2. The van der Waals surface area contributed by atoms with Gasteiger partial charge in [-0.2, -0.15) is 0 Å². The first-order chi connectivity index (χ1) is 20.1. The van der Waals surface area contributed by atoms with Crippen molar-refractivity contribution in [1.29, 1.82) is 0 Å². The molecule has 0 aliphatic carbocycles. The van der Waals surface area contributed by atoms with Crippen LogP contribution in [0, 0.1) is 11.6 Å². The summed E-state index contributed by atoms with van der Waals surface area (Å²) in [7, 11) is 2.65. The van der Waals surface area contributed by atoms with Gasteiger partial charge in [-0.05, 0) is 35.9 Å². The lowest BCUT2D eigenvalue weighted by atomic mass is 10.1. The van der Waals surface area contributed by atoms with Gasteiger partial charge in [0.1, 0.15) is 22.3 Å². The van der Waals surface area contributed by atoms with E-state index in [-0.39, 0.29) is 27.5 Å². The molecule has 0 unspecified atom stereocenters. The average Bonchev–Trinajstić information content (AvgIpc) is 3.35. The summed E-state index contributed by atoms with van der Waals surface area (Å²) in [5, 5.41) is 12.9. The van der Waals surface area contributed by atoms with Gasteiger partial charge in [-0.1, -0.05) is 18.2 Å². The molecule has 42 heavy (non-hydrogen) atoms. The number of carbonyl (C=O) groups is 1. The van der Waals surface area contributed by atoms with Crippen LogP contribution in [-0.2, 0) is 22.7 Å². The molecular formula is C27H27F2N6O6S+. The number of benzene rings is 2. The second-order valence-corrected chi connectivity index (χ2v) is 9.72. The monoisotopic (exact) mass is 601 g/mol. The number of hydroxylamine groups is 1. The van der Waals surface area contributed by atoms with E-state index in [1.165, 1.54) is 32.4 Å². The predicted molar refractivity (Wildman–Crippen MR) is 153 cm³/mol. The lowest BCUT2D eigenvalue weighted by Crippen LogP contribution is -2.48. The number of allylic oxidation sites excluding steroid dienone is 2. The van der Waals surface area contributed by atoms with Crippen molar-refractivity contribution in [1.82, 2.24) is 14.6 Å². The molecule has 4 rings (SSSR count). The Morgan fingerprint density at radius 2 is 1.76 bits per heavy atom. The minimum atomic E-state index is -0.957. The number of nitrogens with two attached hydrogens (primary N) is 1. The fourth-order valence-electron chi connectivity index (χ4n) is 4.14. The number of aliphatic hydroxyl groups excluding tert-OH is 1. The summed E-state index contributed by atoms with van der Waals surface area (Å²) in [4.78, 5) is 44.3. The van der Waals surface area contributed by atoms with Crippen LogP contribution in [0.3, 0.4) is 0 Å². The van der Waals surface area contributed by atoms with E-state index in [1.807, 2.05) is 0 Å². The number of halogens is 2. The summed E-state index contributed by atoms with van der Waals surface area (Å²) in [5.41, 5.74) is 10.8. The number of hydrogen-bond acceptors (Lipinski definition) is 8. The second-order valence-electron chi connectivity index (χ2n) is 8.72. The molecular weight excluding hydrogens is 574 g/mol. The number of quaternary nitrogens is 1. The number of rotatable bonds is 9. The average molecular weight is 602 g/mol. The number of nitrogens with zero attached hydrogens (tertiary/aromatic N) is 2. The highest BCUT2D eigenvalue weighted by atomic mass is 32.1. The number of ether oxygens (including phenoxy) is 1. The van der Waals surface area contributed by atoms with Crippen molar-refractivity contribution in [2.75, 3.05) is 19.5 Å². The van der Waals surface area contributed by atoms with Crippen LogP contribution in [0.25, 0.3) is 26.5 Å². The quantitative estimate of drug-likeness (QED) is 0.110. The SMILES string of the molecule is CONC(=O)Nc1ccc(-c2sc3c(c2CO)c(=O)n(/C(N)=C/C=C(\[NH3+])OC)c(=O)n3Cc2c(F)cccc2F)cc1. The Morgan fingerprint density at radius 3 is 2.36 bits per heavy atom. The fourth-order valence-corrected chi connectivity index (χ4v) is 5.44. The van der Waals surface area contributed by atoms with Gasteiger partial charge in [-0.15, -0.1) is 11.3 Å². The molecule has 0 aliphatic heterocycles. The fraction of sp³-hybridized carbons (Fsp3) is 0.148. The van der Waals surface area contributed by atoms with E-state index >= 15 is 0 Å². The zero-order chi connectivity index (χ0) is 30.6. The van der Waals surface area contributed by atoms with Gasteiger partial charge in [-0.25, -0.2) is 28.4 Å². The Bertz CT molecular complexity index is 1810. The number of fused-ring (bicyclic) bond motifs is 1. The van der Waals surface area contributed by atoms with Crippen LogP contribution >= 0.6 is 11.3 Å². The first-order valence-corrected chi connectivity index (χ1v) is 13.0. The van der Waals surface area contributed by atoms with Crippen LogP contribution in [0.1, 0.15) is 11.1 Å². The molecule has 2 heterocycles. The molecule has 15 heteroatoms. The van der Waals surface area contributed by atoms with Crippen LogP contribution in [0.5, 0.6) is 0 Å². The highest BCUT2D eigenvalue weighted by Crippen LogP contribution is 2.37. The van der Waals surface area contributed by atoms with Gasteiger partial charge in [0, 0.05) is 27.8 Å². The van der Waals surface area contributed by atoms with Gasteiger partial charge in [0.15, 0.2) is 0 Å². The van der Waals surface area contributed by atoms with E-state index in [0.717, 1.165) is 28.0 Å². The predicted octanol–water partition coefficient (Wildman–Crippen LogP) is 1.88. The topological polar surface area (TPSA) is 177 Å². The molecule has 4 aromatic rings. The summed E-state index contributed by atoms with van der Waals surface area (Å²) in [6.45, 7) is -1.18. The van der Waals surface area contributed by atoms with E-state index in [0.29, 0.717) is 20.7 Å². The Hall–Kier alpha value is -4.83. The number of urea groups is 1. The van der Waals surface area contributed by atoms with E-state index in [2.05, 4.69) is 21.4 Å². The van der Waals surface area contributed by atoms with E-state index in [9.17, 15) is 28.3 Å². The van der Waals surface area contributed by atoms with Crippen molar-refractivity contribution in [3.05, 3.63) is 104 Å². The van der Waals surface area contributed by atoms with E-state index in [4.69, 9.17) is 10.5 Å². The zero-order valence-electron chi connectivity index (χ0n) is 22.4. The molecule has 0 atom stereocenters. The maximum atomic E-state index is 14.7. The van der Waals surface area contributed by atoms with Crippen molar-refractivity contribution in [3.63, 3.8) is 0 Å². The molecule has 220 valence electrons. The van der Waals surface area contributed by atoms with Crippen LogP contribution in [0.15, 0.2) is 70.1 Å². The van der Waals surface area contributed by atoms with Crippen LogP contribution in [-0.4, -0.2) is 34.5 Å². The number of methoxy groups -OCH3 is 1. The van der Waals surface area contributed by atoms with Crippen LogP contribution in [0.4, 0.5) is 19.3 Å². The summed E-state index contributed by atoms with van der Waals surface area (Å²) in [6.07, 6.45) is 2.56. The third-order valence-corrected chi connectivity index (χ3v) is 7.47. The molecule has 0 saturated carbocycles. The number of anilines is 1. The van der Waals surface area contributed by atoms with E-state index < -0.39 is 47.6 Å². The first-order valence-electron chi connectivity index (χ1n) is 12.2. The molecule has 0 aliphatic rings. The minimum Gasteiger partial charge on any atom is -0.455 e. The number of hydrogen-bond donors (Lipinski definition) is 5. The summed E-state index contributed by atoms with van der Waals surface area (Å²) < 4.78 is 36.0. The lowest BCUT2D eigenvalue weighted by molar-refractivity contribution is -0.353. The van der Waals surface area contributed by atoms with Crippen molar-refractivity contribution >= 4 is 39.1 Å². The Labute approximate surface area is 240 Å². The second kappa shape index (κ2) is 12.8. The van der Waals surface area contributed by atoms with Crippen LogP contribution in [0.2, 0.25) is 0 Å². The highest BCUT2D eigenvalue weighted by Gasteiger charge is 2.24. The molecule has 2 amide bonds. The highest BCUT2D eigenvalue weighted by molar-refractivity contribution is 7.22. The first kappa shape index (κ1) is 30.1. The molecule has 2 aromatic carbocycles. The molecule has 8 N–H and O–H groups in total. The number of aromatic nitrogens is 2. The Kier molecular flexibility index (Phi) is 9.17. The van der Waals surface area contributed by atoms with Crippen molar-refractivity contribution < 1.29 is 34.0 Å². The standard InChI is InChI=1S/C27H26F2N6O6S/c1-40-21(31)11-10-20(30)35-24(37)22-17(13-36)23(14-6-8-15(9-7-14)32-26(38)33-41-2)42-25(22)34(27(35)39)12-16-18(28)4-3-5-19(16)29/h3-11,36H,12-13,30-31H2,1-2H3,(H2,32,33,38)/p+1/b20-10+,21-11+. The van der Waals surface area contributed by atoms with Gasteiger partial charge in [0.25, 0.3) is 11.4 Å². The van der Waals surface area contributed by atoms with Gasteiger partial charge in [0.2, 0.25) is 0 Å². The van der Waals surface area contributed by atoms with Gasteiger partial charge in [-0.3, -0.25) is 19.9 Å². The zero-order valence-corrected chi connectivity index (χ0v) is 23.3. The van der Waals surface area contributed by atoms with Gasteiger partial charge >= 0.3 is 11.7 Å². The smallest absolute Gasteiger partial charge is 0.343 e. The van der Waals surface area contributed by atoms with Crippen molar-refractivity contribution in [2.24, 2.45) is 5.73 Å². The third kappa shape index (κ3) is 5.94. The number of amides is 2. The molecule has 0 bridgehead atoms. The number of aliphatic hydroxyl groups is 1. The van der Waals surface area contributed by atoms with E-state index in [1.54, 1.807) is 24.3 Å².